The van der Waals surface area contributed by atoms with Crippen LogP contribution in [-0.2, 0) is 0 Å². The predicted molar refractivity (Wildman–Crippen MR) is 92.1 cm³/mol. The molecule has 0 aliphatic heterocycles. The molecule has 2 fully saturated rings. The number of rotatable bonds is 3. The van der Waals surface area contributed by atoms with Crippen molar-refractivity contribution in [2.45, 2.75) is 57.0 Å². The molecule has 0 heterocycles. The molecule has 1 nitrogen and oxygen atoms in total. The lowest BCUT2D eigenvalue weighted by Crippen LogP contribution is -2.45. The van der Waals surface area contributed by atoms with Gasteiger partial charge in [0.2, 0.25) is 0 Å². The summed E-state index contributed by atoms with van der Waals surface area (Å²) >= 11 is 12.2. The van der Waals surface area contributed by atoms with Crippen LogP contribution in [0.1, 0.15) is 50.5 Å². The van der Waals surface area contributed by atoms with Gasteiger partial charge in [-0.3, -0.25) is 4.90 Å². The smallest absolute Gasteiger partial charge is 0.0598 e. The van der Waals surface area contributed by atoms with Crippen molar-refractivity contribution < 1.29 is 0 Å². The van der Waals surface area contributed by atoms with E-state index in [1.54, 1.807) is 5.57 Å². The summed E-state index contributed by atoms with van der Waals surface area (Å²) in [6.07, 6.45) is 11.6. The molecule has 2 aliphatic rings. The minimum atomic E-state index is 0.610. The van der Waals surface area contributed by atoms with Crippen molar-refractivity contribution >= 4 is 29.3 Å². The Morgan fingerprint density at radius 3 is 2.52 bits per heavy atom. The highest BCUT2D eigenvalue weighted by molar-refractivity contribution is 6.42. The van der Waals surface area contributed by atoms with Crippen molar-refractivity contribution in [3.8, 4) is 0 Å². The number of hydrogen-bond donors (Lipinski definition) is 0. The molecule has 0 radical (unpaired) electrons. The summed E-state index contributed by atoms with van der Waals surface area (Å²) in [6, 6.07) is 7.34. The van der Waals surface area contributed by atoms with Crippen LogP contribution in [0, 0.1) is 0 Å². The summed E-state index contributed by atoms with van der Waals surface area (Å²) in [7, 11) is 2.31. The van der Waals surface area contributed by atoms with E-state index in [0.717, 1.165) is 6.04 Å². The molecule has 1 unspecified atom stereocenters. The Kier molecular flexibility index (Phi) is 4.93. The van der Waals surface area contributed by atoms with Crippen molar-refractivity contribution in [2.75, 3.05) is 7.05 Å². The molecular formula is C18H23Cl2N. The Balaban J connectivity index is 1.82. The highest BCUT2D eigenvalue weighted by Gasteiger charge is 2.30. The van der Waals surface area contributed by atoms with E-state index >= 15 is 0 Å². The third-order valence-corrected chi connectivity index (χ3v) is 5.80. The van der Waals surface area contributed by atoms with Crippen LogP contribution in [-0.4, -0.2) is 24.0 Å². The van der Waals surface area contributed by atoms with E-state index in [-0.39, 0.29) is 0 Å². The second-order valence-electron chi connectivity index (χ2n) is 6.40. The minimum Gasteiger partial charge on any atom is -0.297 e. The summed E-state index contributed by atoms with van der Waals surface area (Å²) in [6.45, 7) is 0. The molecule has 21 heavy (non-hydrogen) atoms. The molecule has 3 rings (SSSR count). The zero-order chi connectivity index (χ0) is 14.8. The second-order valence-corrected chi connectivity index (χ2v) is 7.22. The maximum absolute atomic E-state index is 6.14. The van der Waals surface area contributed by atoms with Crippen LogP contribution in [0.5, 0.6) is 0 Å². The monoisotopic (exact) mass is 323 g/mol. The van der Waals surface area contributed by atoms with Crippen molar-refractivity contribution in [3.05, 3.63) is 39.4 Å². The summed E-state index contributed by atoms with van der Waals surface area (Å²) in [5.74, 6) is 0. The zero-order valence-electron chi connectivity index (χ0n) is 12.6. The third-order valence-electron chi connectivity index (χ3n) is 5.06. The largest absolute Gasteiger partial charge is 0.297 e. The molecule has 2 saturated carbocycles. The van der Waals surface area contributed by atoms with Gasteiger partial charge in [0.15, 0.2) is 0 Å². The third kappa shape index (κ3) is 3.47. The molecule has 114 valence electrons. The van der Waals surface area contributed by atoms with E-state index in [0.29, 0.717) is 16.1 Å². The van der Waals surface area contributed by atoms with E-state index in [1.807, 2.05) is 12.1 Å². The van der Waals surface area contributed by atoms with Gasteiger partial charge in [-0.15, -0.1) is 0 Å². The first-order chi connectivity index (χ1) is 10.1. The summed E-state index contributed by atoms with van der Waals surface area (Å²) in [4.78, 5) is 2.62. The second kappa shape index (κ2) is 6.73. The molecular weight excluding hydrogens is 301 g/mol. The van der Waals surface area contributed by atoms with Crippen LogP contribution in [0.15, 0.2) is 23.8 Å². The number of halogens is 2. The molecule has 0 N–H and O–H groups in total. The van der Waals surface area contributed by atoms with Gasteiger partial charge < -0.3 is 0 Å². The number of nitrogens with zero attached hydrogens (tertiary/aromatic N) is 1. The van der Waals surface area contributed by atoms with Crippen molar-refractivity contribution in [1.29, 1.82) is 0 Å². The van der Waals surface area contributed by atoms with E-state index in [1.165, 1.54) is 50.5 Å². The van der Waals surface area contributed by atoms with E-state index < -0.39 is 0 Å². The fraction of sp³-hybridized carbons (Fsp3) is 0.556. The van der Waals surface area contributed by atoms with Gasteiger partial charge in [0.1, 0.15) is 0 Å². The average molecular weight is 324 g/mol. The fourth-order valence-electron chi connectivity index (χ4n) is 3.52. The normalized spacial score (nSPS) is 25.3. The maximum Gasteiger partial charge on any atom is 0.0598 e. The van der Waals surface area contributed by atoms with Crippen molar-refractivity contribution in [2.24, 2.45) is 0 Å². The summed E-state index contributed by atoms with van der Waals surface area (Å²) in [5.41, 5.74) is 2.74. The summed E-state index contributed by atoms with van der Waals surface area (Å²) < 4.78 is 0. The summed E-state index contributed by atoms with van der Waals surface area (Å²) in [5, 5.41) is 1.27. The van der Waals surface area contributed by atoms with Crippen LogP contribution in [0.25, 0.3) is 6.08 Å². The van der Waals surface area contributed by atoms with Crippen LogP contribution >= 0.6 is 23.2 Å². The zero-order valence-corrected chi connectivity index (χ0v) is 14.1. The lowest BCUT2D eigenvalue weighted by atomic mass is 9.84. The molecule has 1 aromatic rings. The standard InChI is InChI=1S/C18H23Cl2N/c1-21(15-6-4-7-15)18-8-3-2-5-14(18)11-13-9-10-16(19)17(20)12-13/h9-12,15,18H,2-8H2,1H3. The van der Waals surface area contributed by atoms with E-state index in [4.69, 9.17) is 23.2 Å². The molecule has 2 aliphatic carbocycles. The van der Waals surface area contributed by atoms with Crippen LogP contribution in [0.2, 0.25) is 10.0 Å². The molecule has 0 spiro atoms. The van der Waals surface area contributed by atoms with Gasteiger partial charge in [0.25, 0.3) is 0 Å². The van der Waals surface area contributed by atoms with Gasteiger partial charge in [-0.05, 0) is 56.8 Å². The van der Waals surface area contributed by atoms with E-state index in [2.05, 4.69) is 24.1 Å². The maximum atomic E-state index is 6.14. The lowest BCUT2D eigenvalue weighted by molar-refractivity contribution is 0.113. The van der Waals surface area contributed by atoms with Crippen molar-refractivity contribution in [3.63, 3.8) is 0 Å². The van der Waals surface area contributed by atoms with Gasteiger partial charge in [0, 0.05) is 12.1 Å². The molecule has 0 saturated heterocycles. The van der Waals surface area contributed by atoms with Gasteiger partial charge in [-0.2, -0.15) is 0 Å². The van der Waals surface area contributed by atoms with Crippen LogP contribution in [0.3, 0.4) is 0 Å². The Labute approximate surface area is 137 Å². The van der Waals surface area contributed by atoms with Crippen LogP contribution < -0.4 is 0 Å². The fourth-order valence-corrected chi connectivity index (χ4v) is 3.82. The van der Waals surface area contributed by atoms with Crippen LogP contribution in [0.4, 0.5) is 0 Å². The number of benzene rings is 1. The molecule has 0 amide bonds. The molecule has 0 bridgehead atoms. The number of likely N-dealkylation sites (N-methyl/N-ethyl adjacent to an activating group) is 1. The molecule has 0 aromatic heterocycles. The average Bonchev–Trinajstić information content (AvgIpc) is 2.41. The molecule has 1 atom stereocenters. The Hall–Kier alpha value is -0.500. The van der Waals surface area contributed by atoms with E-state index in [9.17, 15) is 0 Å². The highest BCUT2D eigenvalue weighted by atomic mass is 35.5. The first kappa shape index (κ1) is 15.4. The topological polar surface area (TPSA) is 3.24 Å². The highest BCUT2D eigenvalue weighted by Crippen LogP contribution is 2.34. The quantitative estimate of drug-likeness (QED) is 0.679. The SMILES string of the molecule is CN(C1CCC1)C1CCCCC1=Cc1ccc(Cl)c(Cl)c1. The molecule has 1 aromatic carbocycles. The Bertz CT molecular complexity index is 534. The predicted octanol–water partition coefficient (Wildman–Crippen LogP) is 5.80. The molecule has 3 heteroatoms. The lowest BCUT2D eigenvalue weighted by Gasteiger charge is -2.42. The van der Waals surface area contributed by atoms with Gasteiger partial charge in [-0.25, -0.2) is 0 Å². The van der Waals surface area contributed by atoms with Gasteiger partial charge >= 0.3 is 0 Å². The first-order valence-corrected chi connectivity index (χ1v) is 8.78. The Morgan fingerprint density at radius 2 is 1.86 bits per heavy atom. The Morgan fingerprint density at radius 1 is 1.05 bits per heavy atom. The van der Waals surface area contributed by atoms with Crippen molar-refractivity contribution in [1.82, 2.24) is 4.90 Å². The van der Waals surface area contributed by atoms with Gasteiger partial charge in [-0.1, -0.05) is 53.8 Å². The number of hydrogen-bond acceptors (Lipinski definition) is 1. The van der Waals surface area contributed by atoms with Gasteiger partial charge in [0.05, 0.1) is 10.0 Å². The first-order valence-electron chi connectivity index (χ1n) is 8.02. The minimum absolute atomic E-state index is 0.610.